The molecule has 0 amide bonds. The average Bonchev–Trinajstić information content (AvgIpc) is 3.20. The molecule has 0 radical (unpaired) electrons. The van der Waals surface area contributed by atoms with E-state index in [9.17, 15) is 14.7 Å². The van der Waals surface area contributed by atoms with Crippen LogP contribution in [0, 0.1) is 0 Å². The summed E-state index contributed by atoms with van der Waals surface area (Å²) >= 11 is 1.31. The minimum atomic E-state index is -1.31. The number of aliphatic carboxylic acids is 1. The Morgan fingerprint density at radius 1 is 1.28 bits per heavy atom. The third kappa shape index (κ3) is 3.54. The monoisotopic (exact) mass is 409 g/mol. The van der Waals surface area contributed by atoms with Gasteiger partial charge in [0, 0.05) is 0 Å². The SMILES string of the molecule is CCOc1cc(/C=c2\sc3nc4ccccc4n3c2=O)ccc1O[C@H](C)C(=O)[O-]. The van der Waals surface area contributed by atoms with Crippen LogP contribution >= 0.6 is 11.3 Å². The van der Waals surface area contributed by atoms with Gasteiger partial charge in [-0.1, -0.05) is 29.5 Å². The van der Waals surface area contributed by atoms with Crippen molar-refractivity contribution in [2.24, 2.45) is 0 Å². The van der Waals surface area contributed by atoms with Crippen LogP contribution in [0.4, 0.5) is 0 Å². The van der Waals surface area contributed by atoms with Gasteiger partial charge in [-0.2, -0.15) is 0 Å². The van der Waals surface area contributed by atoms with Gasteiger partial charge in [-0.3, -0.25) is 4.79 Å². The van der Waals surface area contributed by atoms with Gasteiger partial charge < -0.3 is 19.4 Å². The minimum absolute atomic E-state index is 0.137. The molecule has 0 fully saturated rings. The second kappa shape index (κ2) is 7.56. The van der Waals surface area contributed by atoms with Crippen LogP contribution < -0.4 is 24.7 Å². The van der Waals surface area contributed by atoms with Gasteiger partial charge in [0.2, 0.25) is 0 Å². The van der Waals surface area contributed by atoms with E-state index in [-0.39, 0.29) is 5.56 Å². The van der Waals surface area contributed by atoms with E-state index in [4.69, 9.17) is 9.47 Å². The normalized spacial score (nSPS) is 13.1. The fraction of sp³-hybridized carbons (Fsp3) is 0.190. The number of carbonyl (C=O) groups is 1. The van der Waals surface area contributed by atoms with Gasteiger partial charge >= 0.3 is 0 Å². The number of carboxylic acids is 1. The number of hydrogen-bond donors (Lipinski definition) is 0. The molecule has 0 aliphatic carbocycles. The summed E-state index contributed by atoms with van der Waals surface area (Å²) in [5.41, 5.74) is 2.15. The van der Waals surface area contributed by atoms with Crippen LogP contribution in [0.1, 0.15) is 19.4 Å². The van der Waals surface area contributed by atoms with Crippen LogP contribution in [0.15, 0.2) is 47.3 Å². The van der Waals surface area contributed by atoms with Crippen molar-refractivity contribution in [3.63, 3.8) is 0 Å². The van der Waals surface area contributed by atoms with E-state index >= 15 is 0 Å². The van der Waals surface area contributed by atoms with Crippen molar-refractivity contribution < 1.29 is 19.4 Å². The molecule has 0 saturated carbocycles. The van der Waals surface area contributed by atoms with Gasteiger partial charge in [0.15, 0.2) is 16.5 Å². The first kappa shape index (κ1) is 18.9. The van der Waals surface area contributed by atoms with E-state index in [1.54, 1.807) is 28.7 Å². The summed E-state index contributed by atoms with van der Waals surface area (Å²) in [6, 6.07) is 12.6. The Kier molecular flexibility index (Phi) is 4.94. The highest BCUT2D eigenvalue weighted by atomic mass is 32.1. The first-order valence-corrected chi connectivity index (χ1v) is 9.85. The second-order valence-electron chi connectivity index (χ2n) is 6.35. The van der Waals surface area contributed by atoms with Gasteiger partial charge in [0.1, 0.15) is 6.10 Å². The summed E-state index contributed by atoms with van der Waals surface area (Å²) in [4.78, 5) is 29.0. The van der Waals surface area contributed by atoms with Crippen LogP contribution in [0.5, 0.6) is 11.5 Å². The Labute approximate surface area is 169 Å². The molecule has 8 heteroatoms. The lowest BCUT2D eigenvalue weighted by atomic mass is 10.2. The molecule has 2 heterocycles. The topological polar surface area (TPSA) is 93.0 Å². The van der Waals surface area contributed by atoms with Crippen LogP contribution in [-0.4, -0.2) is 28.1 Å². The first-order valence-electron chi connectivity index (χ1n) is 9.04. The standard InChI is InChI=1S/C21H18N2O5S/c1-3-27-17-10-13(8-9-16(17)28-12(2)20(25)26)11-18-19(24)23-15-7-5-4-6-14(15)22-21(23)29-18/h4-12H,3H2,1-2H3,(H,25,26)/p-1/b18-11-/t12-/m1/s1. The van der Waals surface area contributed by atoms with Crippen LogP contribution in [0.25, 0.3) is 22.1 Å². The van der Waals surface area contributed by atoms with Crippen LogP contribution in [0.3, 0.4) is 0 Å². The highest BCUT2D eigenvalue weighted by Gasteiger charge is 2.13. The largest absolute Gasteiger partial charge is 0.546 e. The molecule has 29 heavy (non-hydrogen) atoms. The summed E-state index contributed by atoms with van der Waals surface area (Å²) in [7, 11) is 0. The zero-order valence-electron chi connectivity index (χ0n) is 15.7. The molecular formula is C21H17N2O5S-. The maximum atomic E-state index is 12.9. The molecule has 4 rings (SSSR count). The van der Waals surface area contributed by atoms with E-state index in [2.05, 4.69) is 4.98 Å². The molecule has 0 N–H and O–H groups in total. The lowest BCUT2D eigenvalue weighted by molar-refractivity contribution is -0.312. The van der Waals surface area contributed by atoms with Crippen molar-refractivity contribution in [3.8, 4) is 11.5 Å². The lowest BCUT2D eigenvalue weighted by Crippen LogP contribution is -2.37. The third-order valence-corrected chi connectivity index (χ3v) is 5.31. The number of benzene rings is 2. The maximum Gasteiger partial charge on any atom is 0.274 e. The number of rotatable bonds is 6. The van der Waals surface area contributed by atoms with Crippen molar-refractivity contribution in [1.82, 2.24) is 9.38 Å². The van der Waals surface area contributed by atoms with E-state index in [1.165, 1.54) is 18.3 Å². The molecule has 0 bridgehead atoms. The molecule has 148 valence electrons. The predicted molar refractivity (Wildman–Crippen MR) is 108 cm³/mol. The van der Waals surface area contributed by atoms with E-state index < -0.39 is 12.1 Å². The number of hydrogen-bond acceptors (Lipinski definition) is 7. The van der Waals surface area contributed by atoms with Gasteiger partial charge in [0.25, 0.3) is 5.56 Å². The smallest absolute Gasteiger partial charge is 0.274 e. The van der Waals surface area contributed by atoms with Crippen molar-refractivity contribution in [3.05, 3.63) is 62.9 Å². The van der Waals surface area contributed by atoms with Gasteiger partial charge in [-0.15, -0.1) is 0 Å². The van der Waals surface area contributed by atoms with E-state index in [0.29, 0.717) is 27.6 Å². The van der Waals surface area contributed by atoms with Crippen LogP contribution in [-0.2, 0) is 4.79 Å². The number of thiazole rings is 1. The molecule has 0 aliphatic rings. The molecule has 0 unspecified atom stereocenters. The summed E-state index contributed by atoms with van der Waals surface area (Å²) in [5.74, 6) is -0.614. The van der Waals surface area contributed by atoms with Crippen molar-refractivity contribution in [2.75, 3.05) is 6.61 Å². The number of carbonyl (C=O) groups excluding carboxylic acids is 1. The molecule has 7 nitrogen and oxygen atoms in total. The predicted octanol–water partition coefficient (Wildman–Crippen LogP) is 1.37. The summed E-state index contributed by atoms with van der Waals surface area (Å²) in [5, 5.41) is 10.9. The molecule has 1 atom stereocenters. The van der Waals surface area contributed by atoms with Crippen molar-refractivity contribution in [1.29, 1.82) is 0 Å². The first-order chi connectivity index (χ1) is 14.0. The summed E-state index contributed by atoms with van der Waals surface area (Å²) in [6.07, 6.45) is 0.640. The summed E-state index contributed by atoms with van der Waals surface area (Å²) < 4.78 is 13.1. The zero-order valence-corrected chi connectivity index (χ0v) is 16.6. The van der Waals surface area contributed by atoms with Gasteiger partial charge in [0.05, 0.1) is 28.1 Å². The maximum absolute atomic E-state index is 12.9. The average molecular weight is 409 g/mol. The highest BCUT2D eigenvalue weighted by molar-refractivity contribution is 7.15. The quantitative estimate of drug-likeness (QED) is 0.478. The zero-order chi connectivity index (χ0) is 20.5. The van der Waals surface area contributed by atoms with Gasteiger partial charge in [-0.25, -0.2) is 9.38 Å². The minimum Gasteiger partial charge on any atom is -0.546 e. The van der Waals surface area contributed by atoms with E-state index in [0.717, 1.165) is 16.6 Å². The third-order valence-electron chi connectivity index (χ3n) is 4.35. The summed E-state index contributed by atoms with van der Waals surface area (Å²) in [6.45, 7) is 3.59. The molecule has 0 aliphatic heterocycles. The number of ether oxygens (including phenoxy) is 2. The number of aromatic nitrogens is 2. The Balaban J connectivity index is 1.77. The Morgan fingerprint density at radius 2 is 2.07 bits per heavy atom. The molecule has 0 spiro atoms. The van der Waals surface area contributed by atoms with Crippen molar-refractivity contribution >= 4 is 39.4 Å². The number of imidazole rings is 1. The van der Waals surface area contributed by atoms with Crippen LogP contribution in [0.2, 0.25) is 0 Å². The molecular weight excluding hydrogens is 392 g/mol. The Morgan fingerprint density at radius 3 is 2.83 bits per heavy atom. The number of carboxylic acid groups (broad SMARTS) is 1. The molecule has 2 aromatic carbocycles. The molecule has 4 aromatic rings. The number of para-hydroxylation sites is 2. The highest BCUT2D eigenvalue weighted by Crippen LogP contribution is 2.29. The van der Waals surface area contributed by atoms with Gasteiger partial charge in [-0.05, 0) is 49.8 Å². The Bertz CT molecular complexity index is 1320. The number of nitrogens with zero attached hydrogens (tertiary/aromatic N) is 2. The van der Waals surface area contributed by atoms with E-state index in [1.807, 2.05) is 31.2 Å². The fourth-order valence-electron chi connectivity index (χ4n) is 2.98. The molecule has 0 saturated heterocycles. The lowest BCUT2D eigenvalue weighted by Gasteiger charge is -2.18. The Hall–Kier alpha value is -3.39. The van der Waals surface area contributed by atoms with Crippen molar-refractivity contribution in [2.45, 2.75) is 20.0 Å². The fourth-order valence-corrected chi connectivity index (χ4v) is 3.97. The second-order valence-corrected chi connectivity index (χ2v) is 7.36. The molecule has 2 aromatic heterocycles. The number of fused-ring (bicyclic) bond motifs is 3.